The number of halogens is 2. The van der Waals surface area contributed by atoms with E-state index in [9.17, 15) is 14.4 Å². The third-order valence-electron chi connectivity index (χ3n) is 7.10. The summed E-state index contributed by atoms with van der Waals surface area (Å²) in [4.78, 5) is 43.0. The second kappa shape index (κ2) is 16.1. The van der Waals surface area contributed by atoms with Crippen LogP contribution in [0.15, 0.2) is 144 Å². The van der Waals surface area contributed by atoms with Crippen LogP contribution in [0.25, 0.3) is 6.08 Å². The van der Waals surface area contributed by atoms with Crippen LogP contribution in [0.2, 0.25) is 10.0 Å². The quantitative estimate of drug-likeness (QED) is 0.108. The van der Waals surface area contributed by atoms with Crippen molar-refractivity contribution in [3.05, 3.63) is 160 Å². The van der Waals surface area contributed by atoms with Crippen molar-refractivity contribution in [3.8, 4) is 0 Å². The number of benzene rings is 5. The number of carbonyl (C=O) groups excluding carboxylic acids is 3. The van der Waals surface area contributed by atoms with Gasteiger partial charge in [-0.05, 0) is 84.8 Å². The van der Waals surface area contributed by atoms with E-state index >= 15 is 0 Å². The fourth-order valence-electron chi connectivity index (χ4n) is 4.72. The maximum Gasteiger partial charge on any atom is 0.272 e. The maximum atomic E-state index is 13.9. The number of nitrogens with zero attached hydrogens (tertiary/aromatic N) is 1. The number of hydrogen-bond donors (Lipinski definition) is 2. The van der Waals surface area contributed by atoms with Gasteiger partial charge in [0, 0.05) is 27.5 Å². The lowest BCUT2D eigenvalue weighted by Gasteiger charge is -2.27. The highest BCUT2D eigenvalue weighted by molar-refractivity contribution is 8.00. The predicted molar refractivity (Wildman–Crippen MR) is 193 cm³/mol. The molecule has 0 aliphatic rings. The maximum absolute atomic E-state index is 13.9. The number of thioether (sulfide) groups is 1. The van der Waals surface area contributed by atoms with E-state index in [0.717, 1.165) is 16.3 Å². The minimum Gasteiger partial charge on any atom is -0.321 e. The lowest BCUT2D eigenvalue weighted by molar-refractivity contribution is -0.117. The standard InChI is InChI=1S/C38H31Cl2N3O3S/c1-2-34(38(46)43(29-16-8-4-9-17-29)30-18-10-5-11-19-30)47-31-23-21-28(22-24-31)41-37(45)33(25-27-15-12-20-32(39)35(27)40)42-36(44)26-13-6-3-7-14-26/h3-25,34H,2H2,1H3,(H,41,45)(H,42,44)/b33-25-. The zero-order valence-corrected chi connectivity index (χ0v) is 27.7. The third-order valence-corrected chi connectivity index (χ3v) is 9.29. The highest BCUT2D eigenvalue weighted by Crippen LogP contribution is 2.33. The molecule has 5 aromatic carbocycles. The van der Waals surface area contributed by atoms with Crippen molar-refractivity contribution >= 4 is 75.8 Å². The van der Waals surface area contributed by atoms with E-state index < -0.39 is 11.8 Å². The molecule has 5 rings (SSSR count). The Morgan fingerprint density at radius 1 is 0.745 bits per heavy atom. The van der Waals surface area contributed by atoms with Crippen LogP contribution in [0.4, 0.5) is 17.1 Å². The number of carbonyl (C=O) groups is 3. The molecule has 47 heavy (non-hydrogen) atoms. The number of anilines is 3. The molecule has 5 aromatic rings. The van der Waals surface area contributed by atoms with E-state index in [1.54, 1.807) is 65.6 Å². The number of nitrogens with one attached hydrogen (secondary N) is 2. The lowest BCUT2D eigenvalue weighted by atomic mass is 10.1. The summed E-state index contributed by atoms with van der Waals surface area (Å²) in [6.07, 6.45) is 2.09. The van der Waals surface area contributed by atoms with Gasteiger partial charge in [0.2, 0.25) is 5.91 Å². The van der Waals surface area contributed by atoms with E-state index in [4.69, 9.17) is 23.2 Å². The molecule has 0 aliphatic carbocycles. The summed E-state index contributed by atoms with van der Waals surface area (Å²) in [5, 5.41) is 5.77. The molecule has 0 bridgehead atoms. The van der Waals surface area contributed by atoms with E-state index in [1.165, 1.54) is 17.8 Å². The summed E-state index contributed by atoms with van der Waals surface area (Å²) >= 11 is 14.0. The fraction of sp³-hybridized carbons (Fsp3) is 0.0789. The molecule has 0 fully saturated rings. The van der Waals surface area contributed by atoms with Crippen LogP contribution >= 0.6 is 35.0 Å². The fourth-order valence-corrected chi connectivity index (χ4v) is 6.08. The Kier molecular flexibility index (Phi) is 11.5. The first-order valence-electron chi connectivity index (χ1n) is 14.9. The van der Waals surface area contributed by atoms with Crippen LogP contribution in [0.5, 0.6) is 0 Å². The molecule has 2 N–H and O–H groups in total. The van der Waals surface area contributed by atoms with Gasteiger partial charge in [0.1, 0.15) is 5.70 Å². The van der Waals surface area contributed by atoms with Crippen molar-refractivity contribution in [1.29, 1.82) is 0 Å². The molecule has 0 spiro atoms. The van der Waals surface area contributed by atoms with Gasteiger partial charge in [-0.2, -0.15) is 0 Å². The molecule has 9 heteroatoms. The minimum absolute atomic E-state index is 0.0139. The second-order valence-corrected chi connectivity index (χ2v) is 12.4. The van der Waals surface area contributed by atoms with Gasteiger partial charge in [-0.25, -0.2) is 0 Å². The average molecular weight is 681 g/mol. The average Bonchev–Trinajstić information content (AvgIpc) is 3.10. The molecule has 0 saturated carbocycles. The first kappa shape index (κ1) is 33.5. The lowest BCUT2D eigenvalue weighted by Crippen LogP contribution is -2.34. The number of rotatable bonds is 11. The SMILES string of the molecule is CCC(Sc1ccc(NC(=O)/C(=C/c2cccc(Cl)c2Cl)NC(=O)c2ccccc2)cc1)C(=O)N(c1ccccc1)c1ccccc1. The Balaban J connectivity index is 1.33. The predicted octanol–water partition coefficient (Wildman–Crippen LogP) is 9.64. The minimum atomic E-state index is -0.547. The van der Waals surface area contributed by atoms with Crippen molar-refractivity contribution in [2.24, 2.45) is 0 Å². The summed E-state index contributed by atoms with van der Waals surface area (Å²) in [5.41, 5.74) is 2.94. The van der Waals surface area contributed by atoms with Crippen LogP contribution in [0.3, 0.4) is 0 Å². The van der Waals surface area contributed by atoms with Crippen LogP contribution in [-0.4, -0.2) is 23.0 Å². The molecule has 0 radical (unpaired) electrons. The van der Waals surface area contributed by atoms with E-state index in [2.05, 4.69) is 10.6 Å². The van der Waals surface area contributed by atoms with Crippen LogP contribution in [0, 0.1) is 0 Å². The van der Waals surface area contributed by atoms with E-state index in [0.29, 0.717) is 28.3 Å². The Bertz CT molecular complexity index is 1830. The van der Waals surface area contributed by atoms with Gasteiger partial charge >= 0.3 is 0 Å². The molecule has 0 aromatic heterocycles. The van der Waals surface area contributed by atoms with Crippen molar-refractivity contribution in [2.45, 2.75) is 23.5 Å². The Morgan fingerprint density at radius 3 is 1.89 bits per heavy atom. The van der Waals surface area contributed by atoms with Crippen molar-refractivity contribution in [3.63, 3.8) is 0 Å². The number of amides is 3. The van der Waals surface area contributed by atoms with Crippen molar-refractivity contribution in [2.75, 3.05) is 10.2 Å². The highest BCUT2D eigenvalue weighted by atomic mass is 35.5. The molecule has 0 aliphatic heterocycles. The molecule has 236 valence electrons. The first-order chi connectivity index (χ1) is 22.8. The Hall–Kier alpha value is -4.82. The van der Waals surface area contributed by atoms with Crippen molar-refractivity contribution < 1.29 is 14.4 Å². The highest BCUT2D eigenvalue weighted by Gasteiger charge is 2.26. The zero-order valence-electron chi connectivity index (χ0n) is 25.4. The molecule has 0 heterocycles. The largest absolute Gasteiger partial charge is 0.321 e. The topological polar surface area (TPSA) is 78.5 Å². The van der Waals surface area contributed by atoms with E-state index in [1.807, 2.05) is 79.7 Å². The first-order valence-corrected chi connectivity index (χ1v) is 16.5. The zero-order chi connectivity index (χ0) is 33.2. The Morgan fingerprint density at radius 2 is 1.32 bits per heavy atom. The smallest absolute Gasteiger partial charge is 0.272 e. The summed E-state index contributed by atoms with van der Waals surface area (Å²) in [7, 11) is 0. The molecular formula is C38H31Cl2N3O3S. The van der Waals surface area contributed by atoms with Crippen LogP contribution in [-0.2, 0) is 9.59 Å². The summed E-state index contributed by atoms with van der Waals surface area (Å²) in [6, 6.07) is 40.0. The van der Waals surface area contributed by atoms with Crippen LogP contribution in [0.1, 0.15) is 29.3 Å². The molecule has 3 amide bonds. The van der Waals surface area contributed by atoms with Gasteiger partial charge < -0.3 is 10.6 Å². The second-order valence-electron chi connectivity index (χ2n) is 10.4. The van der Waals surface area contributed by atoms with Gasteiger partial charge in [-0.3, -0.25) is 19.3 Å². The Labute approximate surface area is 288 Å². The monoisotopic (exact) mass is 679 g/mol. The molecule has 0 saturated heterocycles. The van der Waals surface area contributed by atoms with Gasteiger partial charge in [-0.1, -0.05) is 96.9 Å². The van der Waals surface area contributed by atoms with E-state index in [-0.39, 0.29) is 21.9 Å². The van der Waals surface area contributed by atoms with Gasteiger partial charge in [0.15, 0.2) is 0 Å². The molecule has 1 atom stereocenters. The summed E-state index contributed by atoms with van der Waals surface area (Å²) in [6.45, 7) is 1.99. The van der Waals surface area contributed by atoms with Gasteiger partial charge in [-0.15, -0.1) is 11.8 Å². The molecule has 6 nitrogen and oxygen atoms in total. The molecule has 1 unspecified atom stereocenters. The van der Waals surface area contributed by atoms with Crippen LogP contribution < -0.4 is 15.5 Å². The third kappa shape index (κ3) is 8.71. The summed E-state index contributed by atoms with van der Waals surface area (Å²) in [5.74, 6) is -1.03. The normalized spacial score (nSPS) is 11.8. The summed E-state index contributed by atoms with van der Waals surface area (Å²) < 4.78 is 0. The van der Waals surface area contributed by atoms with Gasteiger partial charge in [0.25, 0.3) is 11.8 Å². The van der Waals surface area contributed by atoms with Gasteiger partial charge in [0.05, 0.1) is 15.3 Å². The number of hydrogen-bond acceptors (Lipinski definition) is 4. The molecular weight excluding hydrogens is 649 g/mol. The number of para-hydroxylation sites is 2. The van der Waals surface area contributed by atoms with Crippen molar-refractivity contribution in [1.82, 2.24) is 5.32 Å².